The van der Waals surface area contributed by atoms with Crippen molar-refractivity contribution in [2.24, 2.45) is 0 Å². The first-order valence-electron chi connectivity index (χ1n) is 2.78. The van der Waals surface area contributed by atoms with Crippen molar-refractivity contribution in [3.63, 3.8) is 0 Å². The Labute approximate surface area is 71.1 Å². The van der Waals surface area contributed by atoms with Crippen LogP contribution < -0.4 is 0 Å². The molecule has 6 nitrogen and oxygen atoms in total. The number of hydrogen-bond donors (Lipinski definition) is 0. The highest BCUT2D eigenvalue weighted by Crippen LogP contribution is 1.99. The van der Waals surface area contributed by atoms with Gasteiger partial charge in [-0.1, -0.05) is 0 Å². The molecule has 0 aliphatic heterocycles. The molecule has 0 rings (SSSR count). The maximum absolute atomic E-state index is 10.6. The van der Waals surface area contributed by atoms with Crippen LogP contribution in [0.1, 0.15) is 0 Å². The van der Waals surface area contributed by atoms with Gasteiger partial charge in [0.05, 0.1) is 14.2 Å². The van der Waals surface area contributed by atoms with Gasteiger partial charge in [-0.3, -0.25) is 13.8 Å². The van der Waals surface area contributed by atoms with Gasteiger partial charge in [-0.05, 0) is 11.1 Å². The summed E-state index contributed by atoms with van der Waals surface area (Å²) >= 11 is -2.86. The molecule has 0 fully saturated rings. The number of carbonyl (C=O) groups excluding carboxylic acids is 2. The number of ether oxygens (including phenoxy) is 2. The molecule has 1 unspecified atom stereocenters. The zero-order valence-corrected chi connectivity index (χ0v) is 7.25. The monoisotopic (exact) mass is 195 g/mol. The van der Waals surface area contributed by atoms with Crippen molar-refractivity contribution in [2.75, 3.05) is 14.2 Å². The Kier molecular flexibility index (Phi) is 4.45. The second-order valence-electron chi connectivity index (χ2n) is 1.69. The smallest absolute Gasteiger partial charge is 0.331 e. The summed E-state index contributed by atoms with van der Waals surface area (Å²) in [5.41, 5.74) is 0. The summed E-state index contributed by atoms with van der Waals surface area (Å²) in [6, 6.07) is 0. The zero-order chi connectivity index (χ0) is 9.72. The highest BCUT2D eigenvalue weighted by atomic mass is 32.2. The van der Waals surface area contributed by atoms with E-state index in [1.165, 1.54) is 0 Å². The Hall–Kier alpha value is -0.950. The lowest BCUT2D eigenvalue weighted by molar-refractivity contribution is -0.150. The van der Waals surface area contributed by atoms with E-state index in [2.05, 4.69) is 9.47 Å². The molecule has 0 aromatic heterocycles. The summed E-state index contributed by atoms with van der Waals surface area (Å²) in [5.74, 6) is -2.31. The quantitative estimate of drug-likeness (QED) is 0.311. The standard InChI is InChI=1S/C5H8O6S/c1-10-4(6)3(12(8)9)5(7)11-2/h3H,1-2H3,(H,8,9)/p-1. The molecule has 0 saturated heterocycles. The van der Waals surface area contributed by atoms with E-state index in [1.807, 2.05) is 0 Å². The first-order chi connectivity index (χ1) is 5.54. The molecule has 0 N–H and O–H groups in total. The van der Waals surface area contributed by atoms with Crippen molar-refractivity contribution in [3.8, 4) is 0 Å². The Morgan fingerprint density at radius 2 is 1.58 bits per heavy atom. The summed E-state index contributed by atoms with van der Waals surface area (Å²) in [6.45, 7) is 0. The number of carbonyl (C=O) groups is 2. The highest BCUT2D eigenvalue weighted by molar-refractivity contribution is 7.81. The summed E-state index contributed by atoms with van der Waals surface area (Å²) in [7, 11) is 1.95. The molecule has 0 saturated carbocycles. The third-order valence-electron chi connectivity index (χ3n) is 1.02. The first-order valence-corrected chi connectivity index (χ1v) is 3.92. The molecule has 12 heavy (non-hydrogen) atoms. The molecular weight excluding hydrogens is 188 g/mol. The second-order valence-corrected chi connectivity index (χ2v) is 2.68. The normalized spacial score (nSPS) is 12.3. The average Bonchev–Trinajstić information content (AvgIpc) is 2.03. The molecule has 1 atom stereocenters. The second kappa shape index (κ2) is 4.83. The highest BCUT2D eigenvalue weighted by Gasteiger charge is 2.29. The van der Waals surface area contributed by atoms with Crippen molar-refractivity contribution < 1.29 is 27.8 Å². The summed E-state index contributed by atoms with van der Waals surface area (Å²) in [6.07, 6.45) is 0. The number of rotatable bonds is 3. The molecule has 0 aliphatic rings. The van der Waals surface area contributed by atoms with Gasteiger partial charge in [0.1, 0.15) is 0 Å². The molecule has 0 spiro atoms. The molecule has 70 valence electrons. The SMILES string of the molecule is COC(=O)C(C(=O)OC)S(=O)[O-]. The summed E-state index contributed by atoms with van der Waals surface area (Å²) in [5, 5.41) is -1.89. The maximum atomic E-state index is 10.6. The van der Waals surface area contributed by atoms with Crippen LogP contribution in [0.2, 0.25) is 0 Å². The Morgan fingerprint density at radius 1 is 1.25 bits per heavy atom. The Bertz CT molecular complexity index is 196. The van der Waals surface area contributed by atoms with Gasteiger partial charge >= 0.3 is 11.9 Å². The lowest BCUT2D eigenvalue weighted by atomic mass is 10.4. The van der Waals surface area contributed by atoms with Gasteiger partial charge in [-0.2, -0.15) is 0 Å². The van der Waals surface area contributed by atoms with Crippen molar-refractivity contribution in [1.29, 1.82) is 0 Å². The van der Waals surface area contributed by atoms with Crippen LogP contribution in [0, 0.1) is 0 Å². The molecule has 0 radical (unpaired) electrons. The molecule has 0 aromatic rings. The van der Waals surface area contributed by atoms with Crippen molar-refractivity contribution in [2.45, 2.75) is 5.25 Å². The van der Waals surface area contributed by atoms with E-state index in [1.54, 1.807) is 0 Å². The molecule has 0 aliphatic carbocycles. The summed E-state index contributed by atoms with van der Waals surface area (Å²) < 4.78 is 28.7. The lowest BCUT2D eigenvalue weighted by Crippen LogP contribution is -2.36. The van der Waals surface area contributed by atoms with Crippen LogP contribution in [-0.4, -0.2) is 40.2 Å². The molecule has 7 heteroatoms. The Morgan fingerprint density at radius 3 is 1.75 bits per heavy atom. The van der Waals surface area contributed by atoms with Gasteiger partial charge in [0, 0.05) is 0 Å². The summed E-state index contributed by atoms with van der Waals surface area (Å²) in [4.78, 5) is 21.3. The number of hydrogen-bond acceptors (Lipinski definition) is 6. The third kappa shape index (κ3) is 2.59. The van der Waals surface area contributed by atoms with Gasteiger partial charge in [0.25, 0.3) is 0 Å². The van der Waals surface area contributed by atoms with E-state index in [4.69, 9.17) is 0 Å². The molecule has 0 aromatic carbocycles. The fraction of sp³-hybridized carbons (Fsp3) is 0.600. The predicted octanol–water partition coefficient (Wildman–Crippen LogP) is -1.42. The fourth-order valence-corrected chi connectivity index (χ4v) is 0.974. The minimum absolute atomic E-state index is 0.977. The largest absolute Gasteiger partial charge is 0.771 e. The molecule has 0 bridgehead atoms. The third-order valence-corrected chi connectivity index (χ3v) is 1.79. The van der Waals surface area contributed by atoms with Gasteiger partial charge in [-0.25, -0.2) is 0 Å². The van der Waals surface area contributed by atoms with Crippen LogP contribution in [0.3, 0.4) is 0 Å². The molecule has 0 heterocycles. The van der Waals surface area contributed by atoms with Gasteiger partial charge in [-0.15, -0.1) is 0 Å². The molecule has 0 amide bonds. The van der Waals surface area contributed by atoms with Crippen LogP contribution in [0.4, 0.5) is 0 Å². The van der Waals surface area contributed by atoms with Crippen LogP contribution in [-0.2, 0) is 30.1 Å². The van der Waals surface area contributed by atoms with Crippen molar-refractivity contribution in [3.05, 3.63) is 0 Å². The number of methoxy groups -OCH3 is 2. The topological polar surface area (TPSA) is 92.7 Å². The number of esters is 2. The zero-order valence-electron chi connectivity index (χ0n) is 6.44. The van der Waals surface area contributed by atoms with Crippen molar-refractivity contribution >= 4 is 23.0 Å². The first kappa shape index (κ1) is 11.1. The van der Waals surface area contributed by atoms with E-state index >= 15 is 0 Å². The van der Waals surface area contributed by atoms with E-state index in [0.29, 0.717) is 0 Å². The van der Waals surface area contributed by atoms with Gasteiger partial charge < -0.3 is 14.0 Å². The van der Waals surface area contributed by atoms with Gasteiger partial charge in [0.15, 0.2) is 0 Å². The van der Waals surface area contributed by atoms with Crippen LogP contribution in [0.15, 0.2) is 0 Å². The van der Waals surface area contributed by atoms with E-state index < -0.39 is 28.3 Å². The maximum Gasteiger partial charge on any atom is 0.331 e. The van der Waals surface area contributed by atoms with Crippen LogP contribution >= 0.6 is 0 Å². The van der Waals surface area contributed by atoms with E-state index in [9.17, 15) is 18.4 Å². The molecular formula is C5H7O6S-. The Balaban J connectivity index is 4.55. The predicted molar refractivity (Wildman–Crippen MR) is 36.7 cm³/mol. The average molecular weight is 195 g/mol. The minimum atomic E-state index is -2.86. The minimum Gasteiger partial charge on any atom is -0.771 e. The van der Waals surface area contributed by atoms with E-state index in [0.717, 1.165) is 14.2 Å². The lowest BCUT2D eigenvalue weighted by Gasteiger charge is -2.13. The van der Waals surface area contributed by atoms with Crippen LogP contribution in [0.25, 0.3) is 0 Å². The fourth-order valence-electron chi connectivity index (χ4n) is 0.467. The van der Waals surface area contributed by atoms with Crippen molar-refractivity contribution in [1.82, 2.24) is 0 Å². The van der Waals surface area contributed by atoms with Gasteiger partial charge in [0.2, 0.25) is 5.25 Å². The van der Waals surface area contributed by atoms with Crippen LogP contribution in [0.5, 0.6) is 0 Å². The van der Waals surface area contributed by atoms with E-state index in [-0.39, 0.29) is 0 Å².